The van der Waals surface area contributed by atoms with Crippen LogP contribution >= 0.6 is 11.3 Å². The number of carbonyl (C=O) groups excluding carboxylic acids is 2. The standard InChI is InChI=1S/C16H23N3O2S/c1-11-17-14(10-22-11)16(21)18-12-8-15(20)19(9-12)13-6-4-2-3-5-7-13/h10,12-13H,2-9H2,1H3,(H,18,21). The molecule has 1 unspecified atom stereocenters. The van der Waals surface area contributed by atoms with Gasteiger partial charge in [-0.2, -0.15) is 0 Å². The van der Waals surface area contributed by atoms with Gasteiger partial charge in [0.05, 0.1) is 11.0 Å². The fraction of sp³-hybridized carbons (Fsp3) is 0.688. The summed E-state index contributed by atoms with van der Waals surface area (Å²) in [6.45, 7) is 2.53. The average molecular weight is 321 g/mol. The Morgan fingerprint density at radius 3 is 2.68 bits per heavy atom. The van der Waals surface area contributed by atoms with E-state index in [9.17, 15) is 9.59 Å². The highest BCUT2D eigenvalue weighted by Gasteiger charge is 2.35. The van der Waals surface area contributed by atoms with Crippen molar-refractivity contribution < 1.29 is 9.59 Å². The first-order valence-corrected chi connectivity index (χ1v) is 9.04. The number of likely N-dealkylation sites (tertiary alicyclic amines) is 1. The normalized spacial score (nSPS) is 23.6. The predicted molar refractivity (Wildman–Crippen MR) is 85.9 cm³/mol. The van der Waals surface area contributed by atoms with Crippen LogP contribution in [0, 0.1) is 6.92 Å². The first-order chi connectivity index (χ1) is 10.6. The second-order valence-corrected chi connectivity index (χ2v) is 7.38. The molecular weight excluding hydrogens is 298 g/mol. The fourth-order valence-electron chi connectivity index (χ4n) is 3.48. The van der Waals surface area contributed by atoms with Crippen LogP contribution in [0.15, 0.2) is 5.38 Å². The maximum Gasteiger partial charge on any atom is 0.271 e. The average Bonchev–Trinajstić information content (AvgIpc) is 2.96. The lowest BCUT2D eigenvalue weighted by Gasteiger charge is -2.27. The summed E-state index contributed by atoms with van der Waals surface area (Å²) in [6, 6.07) is 0.295. The first-order valence-electron chi connectivity index (χ1n) is 8.16. The van der Waals surface area contributed by atoms with Gasteiger partial charge in [0.1, 0.15) is 5.69 Å². The molecule has 5 nitrogen and oxygen atoms in total. The van der Waals surface area contributed by atoms with Crippen molar-refractivity contribution in [3.05, 3.63) is 16.1 Å². The van der Waals surface area contributed by atoms with E-state index in [4.69, 9.17) is 0 Å². The van der Waals surface area contributed by atoms with Gasteiger partial charge >= 0.3 is 0 Å². The van der Waals surface area contributed by atoms with Gasteiger partial charge in [0.15, 0.2) is 0 Å². The SMILES string of the molecule is Cc1nc(C(=O)NC2CC(=O)N(C3CCCCCC3)C2)cs1. The van der Waals surface area contributed by atoms with Crippen molar-refractivity contribution >= 4 is 23.2 Å². The van der Waals surface area contributed by atoms with E-state index in [1.165, 1.54) is 37.0 Å². The van der Waals surface area contributed by atoms with Gasteiger partial charge in [-0.3, -0.25) is 9.59 Å². The van der Waals surface area contributed by atoms with Gasteiger partial charge in [0, 0.05) is 24.4 Å². The highest BCUT2D eigenvalue weighted by atomic mass is 32.1. The lowest BCUT2D eigenvalue weighted by atomic mass is 10.1. The lowest BCUT2D eigenvalue weighted by molar-refractivity contribution is -0.129. The molecule has 1 aliphatic carbocycles. The Labute approximate surface area is 135 Å². The fourth-order valence-corrected chi connectivity index (χ4v) is 4.07. The molecule has 22 heavy (non-hydrogen) atoms. The molecule has 0 spiro atoms. The van der Waals surface area contributed by atoms with Gasteiger partial charge in [-0.05, 0) is 19.8 Å². The van der Waals surface area contributed by atoms with Crippen molar-refractivity contribution in [3.63, 3.8) is 0 Å². The second kappa shape index (κ2) is 6.77. The minimum absolute atomic E-state index is 0.0785. The number of carbonyl (C=O) groups is 2. The van der Waals surface area contributed by atoms with E-state index in [-0.39, 0.29) is 17.9 Å². The minimum Gasteiger partial charge on any atom is -0.346 e. The summed E-state index contributed by atoms with van der Waals surface area (Å²) >= 11 is 1.47. The van der Waals surface area contributed by atoms with Crippen molar-refractivity contribution in [2.24, 2.45) is 0 Å². The van der Waals surface area contributed by atoms with Crippen molar-refractivity contribution in [2.45, 2.75) is 64.0 Å². The molecule has 2 aliphatic rings. The third kappa shape index (κ3) is 3.48. The minimum atomic E-state index is -0.162. The molecular formula is C16H23N3O2S. The summed E-state index contributed by atoms with van der Waals surface area (Å²) in [5.41, 5.74) is 0.461. The molecule has 1 N–H and O–H groups in total. The Kier molecular flexibility index (Phi) is 4.76. The Hall–Kier alpha value is -1.43. The summed E-state index contributed by atoms with van der Waals surface area (Å²) < 4.78 is 0. The molecule has 2 amide bonds. The van der Waals surface area contributed by atoms with E-state index in [1.807, 2.05) is 11.8 Å². The molecule has 6 heteroatoms. The van der Waals surface area contributed by atoms with Crippen molar-refractivity contribution in [2.75, 3.05) is 6.54 Å². The highest BCUT2D eigenvalue weighted by Crippen LogP contribution is 2.26. The van der Waals surface area contributed by atoms with Crippen LogP contribution in [0.2, 0.25) is 0 Å². The summed E-state index contributed by atoms with van der Waals surface area (Å²) in [5, 5.41) is 5.62. The molecule has 1 saturated carbocycles. The van der Waals surface area contributed by atoms with E-state index in [0.717, 1.165) is 17.8 Å². The number of amides is 2. The van der Waals surface area contributed by atoms with E-state index in [2.05, 4.69) is 10.3 Å². The van der Waals surface area contributed by atoms with Gasteiger partial charge in [-0.25, -0.2) is 4.98 Å². The number of nitrogens with one attached hydrogen (secondary N) is 1. The zero-order valence-electron chi connectivity index (χ0n) is 13.0. The lowest BCUT2D eigenvalue weighted by Crippen LogP contribution is -2.40. The number of rotatable bonds is 3. The molecule has 0 aromatic carbocycles. The van der Waals surface area contributed by atoms with Crippen LogP contribution in [0.1, 0.15) is 60.4 Å². The van der Waals surface area contributed by atoms with E-state index < -0.39 is 0 Å². The zero-order valence-corrected chi connectivity index (χ0v) is 13.8. The maximum absolute atomic E-state index is 12.3. The van der Waals surface area contributed by atoms with Crippen molar-refractivity contribution in [3.8, 4) is 0 Å². The summed E-state index contributed by atoms with van der Waals surface area (Å²) in [7, 11) is 0. The predicted octanol–water partition coefficient (Wildman–Crippen LogP) is 2.51. The van der Waals surface area contributed by atoms with Crippen LogP contribution in [0.25, 0.3) is 0 Å². The highest BCUT2D eigenvalue weighted by molar-refractivity contribution is 7.09. The Morgan fingerprint density at radius 2 is 2.05 bits per heavy atom. The monoisotopic (exact) mass is 321 g/mol. The summed E-state index contributed by atoms with van der Waals surface area (Å²) in [6.07, 6.45) is 7.62. The van der Waals surface area contributed by atoms with Crippen LogP contribution < -0.4 is 5.32 Å². The van der Waals surface area contributed by atoms with Crippen molar-refractivity contribution in [1.29, 1.82) is 0 Å². The molecule has 1 aliphatic heterocycles. The van der Waals surface area contributed by atoms with Crippen molar-refractivity contribution in [1.82, 2.24) is 15.2 Å². The third-order valence-corrected chi connectivity index (χ3v) is 5.38. The maximum atomic E-state index is 12.3. The topological polar surface area (TPSA) is 62.3 Å². The molecule has 3 rings (SSSR count). The molecule has 1 saturated heterocycles. The Bertz CT molecular complexity index is 549. The Balaban J connectivity index is 1.58. The van der Waals surface area contributed by atoms with Gasteiger partial charge in [0.25, 0.3) is 5.91 Å². The van der Waals surface area contributed by atoms with Crippen LogP contribution in [-0.2, 0) is 4.79 Å². The Morgan fingerprint density at radius 1 is 1.32 bits per heavy atom. The van der Waals surface area contributed by atoms with E-state index in [0.29, 0.717) is 24.7 Å². The van der Waals surface area contributed by atoms with Gasteiger partial charge in [-0.1, -0.05) is 25.7 Å². The number of aromatic nitrogens is 1. The molecule has 1 aromatic heterocycles. The molecule has 1 atom stereocenters. The number of nitrogens with zero attached hydrogens (tertiary/aromatic N) is 2. The smallest absolute Gasteiger partial charge is 0.271 e. The number of thiazole rings is 1. The molecule has 2 heterocycles. The molecule has 120 valence electrons. The van der Waals surface area contributed by atoms with Gasteiger partial charge < -0.3 is 10.2 Å². The van der Waals surface area contributed by atoms with Gasteiger partial charge in [-0.15, -0.1) is 11.3 Å². The zero-order chi connectivity index (χ0) is 15.5. The molecule has 0 bridgehead atoms. The van der Waals surface area contributed by atoms with Gasteiger partial charge in [0.2, 0.25) is 5.91 Å². The first kappa shape index (κ1) is 15.5. The summed E-state index contributed by atoms with van der Waals surface area (Å²) in [4.78, 5) is 30.6. The largest absolute Gasteiger partial charge is 0.346 e. The molecule has 0 radical (unpaired) electrons. The van der Waals surface area contributed by atoms with Crippen LogP contribution in [0.4, 0.5) is 0 Å². The number of hydrogen-bond acceptors (Lipinski definition) is 4. The van der Waals surface area contributed by atoms with E-state index in [1.54, 1.807) is 5.38 Å². The number of hydrogen-bond donors (Lipinski definition) is 1. The molecule has 2 fully saturated rings. The van der Waals surface area contributed by atoms with Crippen LogP contribution in [-0.4, -0.2) is 40.3 Å². The quantitative estimate of drug-likeness (QED) is 0.870. The molecule has 1 aromatic rings. The number of aryl methyl sites for hydroxylation is 1. The third-order valence-electron chi connectivity index (χ3n) is 4.61. The van der Waals surface area contributed by atoms with E-state index >= 15 is 0 Å². The second-order valence-electron chi connectivity index (χ2n) is 6.32. The van der Waals surface area contributed by atoms with Crippen LogP contribution in [0.5, 0.6) is 0 Å². The summed E-state index contributed by atoms with van der Waals surface area (Å²) in [5.74, 6) is 0.0246. The van der Waals surface area contributed by atoms with Crippen LogP contribution in [0.3, 0.4) is 0 Å².